The molecule has 208 valence electrons. The summed E-state index contributed by atoms with van der Waals surface area (Å²) in [6, 6.07) is 33.4. The summed E-state index contributed by atoms with van der Waals surface area (Å²) in [5.74, 6) is 0. The number of nitrogens with zero attached hydrogens (tertiary/aromatic N) is 2. The van der Waals surface area contributed by atoms with Crippen molar-refractivity contribution in [2.75, 3.05) is 36.8 Å². The second-order valence-electron chi connectivity index (χ2n) is 9.35. The van der Waals surface area contributed by atoms with Crippen LogP contribution in [0.25, 0.3) is 43.6 Å². The second kappa shape index (κ2) is 14.9. The number of anilines is 2. The number of rotatable bonds is 10. The molecule has 0 radical (unpaired) electrons. The van der Waals surface area contributed by atoms with Crippen LogP contribution in [0.2, 0.25) is 0 Å². The van der Waals surface area contributed by atoms with E-state index in [4.69, 9.17) is 9.97 Å². The monoisotopic (exact) mass is 593 g/mol. The normalized spacial score (nSPS) is 10.6. The number of benzene rings is 4. The van der Waals surface area contributed by atoms with E-state index in [0.717, 1.165) is 61.1 Å². The van der Waals surface area contributed by atoms with E-state index in [-0.39, 0.29) is 41.5 Å². The highest BCUT2D eigenvalue weighted by Gasteiger charge is 2.09. The van der Waals surface area contributed by atoms with Crippen molar-refractivity contribution in [1.29, 1.82) is 0 Å². The first-order valence-electron chi connectivity index (χ1n) is 13.1. The van der Waals surface area contributed by atoms with E-state index in [1.54, 1.807) is 0 Å². The Kier molecular flexibility index (Phi) is 11.6. The van der Waals surface area contributed by atoms with Gasteiger partial charge in [0.15, 0.2) is 0 Å². The van der Waals surface area contributed by atoms with Gasteiger partial charge in [-0.1, -0.05) is 72.8 Å². The van der Waals surface area contributed by atoms with E-state index in [0.29, 0.717) is 0 Å². The average Bonchev–Trinajstić information content (AvgIpc) is 2.95. The highest BCUT2D eigenvalue weighted by Crippen LogP contribution is 2.31. The number of hydrogen-bond acceptors (Lipinski definition) is 5. The maximum Gasteiger partial charge on any atom is 1.00 e. The summed E-state index contributed by atoms with van der Waals surface area (Å²) in [5, 5.41) is 15.7. The molecule has 0 spiro atoms. The van der Waals surface area contributed by atoms with Crippen molar-refractivity contribution in [2.45, 2.75) is 12.8 Å². The number of hydrogen-bond donors (Lipinski definition) is 3. The van der Waals surface area contributed by atoms with Gasteiger partial charge in [0.25, 0.3) is 0 Å². The molecule has 0 aliphatic carbocycles. The molecule has 4 aromatic carbocycles. The van der Waals surface area contributed by atoms with Crippen LogP contribution in [-0.2, 0) is 0 Å². The lowest BCUT2D eigenvalue weighted by atomic mass is 10.1. The molecular weight excluding hydrogens is 561 g/mol. The van der Waals surface area contributed by atoms with E-state index in [9.17, 15) is 0 Å². The molecule has 2 heterocycles. The topological polar surface area (TPSA) is 61.9 Å². The van der Waals surface area contributed by atoms with E-state index in [1.165, 1.54) is 32.9 Å². The van der Waals surface area contributed by atoms with Gasteiger partial charge >= 0.3 is 4.28 Å². The minimum Gasteiger partial charge on any atom is -1.00 e. The van der Waals surface area contributed by atoms with Crippen LogP contribution in [-0.4, -0.2) is 36.1 Å². The maximum atomic E-state index is 4.82. The smallest absolute Gasteiger partial charge is 1.00 e. The maximum absolute atomic E-state index is 4.82. The Balaban J connectivity index is 0.00000294. The predicted octanol–water partition coefficient (Wildman–Crippen LogP) is -1.67. The summed E-state index contributed by atoms with van der Waals surface area (Å²) in [6.45, 7) is 3.79. The highest BCUT2D eigenvalue weighted by molar-refractivity contribution is 6.08. The standard InChI is InChI=1S/C32H31N5.3ClH/c1-5-15-27-23(11-1)31(24-12-2-6-16-28(24)36-27)34-21-9-19-33-20-10-22-35-32-25-13-3-7-17-29(25)37-30-18-8-4-14-26(30)32;;;/h1-8,11-18,33H,9-10,19-22H2,(H,34,36)(H,35,37);3*1H. The highest BCUT2D eigenvalue weighted by atomic mass is 35.5. The van der Waals surface area contributed by atoms with Crippen molar-refractivity contribution in [3.8, 4) is 0 Å². The Morgan fingerprint density at radius 2 is 0.725 bits per heavy atom. The molecule has 0 unspecified atom stereocenters. The van der Waals surface area contributed by atoms with Crippen LogP contribution in [0, 0.1) is 0 Å². The molecule has 0 bridgehead atoms. The molecule has 0 aliphatic heterocycles. The van der Waals surface area contributed by atoms with E-state index >= 15 is 0 Å². The lowest BCUT2D eigenvalue weighted by Crippen LogP contribution is -3.00. The number of halogens is 3. The molecule has 3 N–H and O–H groups in total. The van der Waals surface area contributed by atoms with Crippen molar-refractivity contribution in [1.82, 2.24) is 15.3 Å². The van der Waals surface area contributed by atoms with Crippen LogP contribution in [0.15, 0.2) is 97.1 Å². The van der Waals surface area contributed by atoms with E-state index in [2.05, 4.69) is 88.7 Å². The SMILES string of the molecule is [Cl-].[Cl-].[Cl-].[H+].[H+].[H+].c1ccc2c(NCCCNCCCNc3c4ccccc4nc4ccccc34)c3ccccc3nc2c1. The molecule has 8 heteroatoms. The Bertz CT molecular complexity index is 1480. The van der Waals surface area contributed by atoms with Crippen LogP contribution >= 0.6 is 0 Å². The lowest BCUT2D eigenvalue weighted by Gasteiger charge is -2.14. The first-order valence-corrected chi connectivity index (χ1v) is 13.1. The fourth-order valence-corrected chi connectivity index (χ4v) is 5.04. The van der Waals surface area contributed by atoms with Gasteiger partial charge in [-0.05, 0) is 50.2 Å². The minimum absolute atomic E-state index is 0. The van der Waals surface area contributed by atoms with Gasteiger partial charge in [0.1, 0.15) is 0 Å². The Morgan fingerprint density at radius 1 is 0.425 bits per heavy atom. The summed E-state index contributed by atoms with van der Waals surface area (Å²) < 4.78 is 0. The summed E-state index contributed by atoms with van der Waals surface area (Å²) in [7, 11) is 0. The first kappa shape index (κ1) is 31.2. The number of nitrogens with one attached hydrogen (secondary N) is 3. The van der Waals surface area contributed by atoms with E-state index < -0.39 is 0 Å². The summed E-state index contributed by atoms with van der Waals surface area (Å²) in [6.07, 6.45) is 2.11. The third kappa shape index (κ3) is 6.68. The quantitative estimate of drug-likeness (QED) is 0.131. The Hall–Kier alpha value is -3.35. The predicted molar refractivity (Wildman–Crippen MR) is 161 cm³/mol. The average molecular weight is 595 g/mol. The van der Waals surface area contributed by atoms with Gasteiger partial charge in [-0.25, -0.2) is 9.97 Å². The molecular formula is C32H34Cl3N5. The second-order valence-corrected chi connectivity index (χ2v) is 9.35. The summed E-state index contributed by atoms with van der Waals surface area (Å²) in [4.78, 5) is 9.64. The van der Waals surface area contributed by atoms with Crippen molar-refractivity contribution in [3.63, 3.8) is 0 Å². The fourth-order valence-electron chi connectivity index (χ4n) is 5.04. The molecule has 0 saturated heterocycles. The summed E-state index contributed by atoms with van der Waals surface area (Å²) >= 11 is 0. The number of para-hydroxylation sites is 4. The molecule has 0 saturated carbocycles. The minimum atomic E-state index is 0. The number of pyridine rings is 2. The largest absolute Gasteiger partial charge is 1.00 e. The zero-order chi connectivity index (χ0) is 24.9. The van der Waals surface area contributed by atoms with Crippen LogP contribution < -0.4 is 53.2 Å². The third-order valence-corrected chi connectivity index (χ3v) is 6.84. The molecule has 6 aromatic rings. The number of aromatic nitrogens is 2. The molecule has 2 aromatic heterocycles. The Labute approximate surface area is 257 Å². The van der Waals surface area contributed by atoms with E-state index in [1.807, 2.05) is 24.3 Å². The molecule has 0 amide bonds. The van der Waals surface area contributed by atoms with Crippen LogP contribution in [0.1, 0.15) is 17.1 Å². The first-order chi connectivity index (χ1) is 18.4. The number of fused-ring (bicyclic) bond motifs is 4. The van der Waals surface area contributed by atoms with Crippen LogP contribution in [0.3, 0.4) is 0 Å². The molecule has 0 fully saturated rings. The zero-order valence-electron chi connectivity index (χ0n) is 25.0. The Morgan fingerprint density at radius 3 is 1.05 bits per heavy atom. The molecule has 40 heavy (non-hydrogen) atoms. The van der Waals surface area contributed by atoms with Crippen molar-refractivity contribution < 1.29 is 41.5 Å². The fraction of sp³-hybridized carbons (Fsp3) is 0.188. The van der Waals surface area contributed by atoms with Gasteiger partial charge in [-0.3, -0.25) is 0 Å². The van der Waals surface area contributed by atoms with Gasteiger partial charge in [0.05, 0.1) is 33.4 Å². The molecule has 0 atom stereocenters. The lowest BCUT2D eigenvalue weighted by molar-refractivity contribution is -0.00100. The molecule has 6 rings (SSSR count). The van der Waals surface area contributed by atoms with Gasteiger partial charge in [0, 0.05) is 34.6 Å². The van der Waals surface area contributed by atoms with Gasteiger partial charge in [-0.15, -0.1) is 0 Å². The molecule has 5 nitrogen and oxygen atoms in total. The zero-order valence-corrected chi connectivity index (χ0v) is 24.3. The summed E-state index contributed by atoms with van der Waals surface area (Å²) in [5.41, 5.74) is 6.49. The van der Waals surface area contributed by atoms with Gasteiger partial charge in [-0.2, -0.15) is 0 Å². The van der Waals surface area contributed by atoms with Crippen LogP contribution in [0.4, 0.5) is 11.4 Å². The van der Waals surface area contributed by atoms with Gasteiger partial charge in [0.2, 0.25) is 0 Å². The van der Waals surface area contributed by atoms with Crippen molar-refractivity contribution >= 4 is 55.0 Å². The van der Waals surface area contributed by atoms with Crippen LogP contribution in [0.5, 0.6) is 0 Å². The van der Waals surface area contributed by atoms with Crippen molar-refractivity contribution in [2.24, 2.45) is 0 Å². The van der Waals surface area contributed by atoms with Crippen molar-refractivity contribution in [3.05, 3.63) is 97.1 Å². The van der Waals surface area contributed by atoms with Gasteiger partial charge < -0.3 is 53.2 Å². The third-order valence-electron chi connectivity index (χ3n) is 6.84. The molecule has 0 aliphatic rings.